The Hall–Kier alpha value is -1.56. The number of aromatic nitrogens is 2. The maximum Gasteiger partial charge on any atom is 0.358 e. The van der Waals surface area contributed by atoms with Gasteiger partial charge in [0.2, 0.25) is 0 Å². The fraction of sp³-hybridized carbons (Fsp3) is 0.636. The van der Waals surface area contributed by atoms with Crippen LogP contribution in [0.1, 0.15) is 23.3 Å². The Labute approximate surface area is 99.5 Å². The van der Waals surface area contributed by atoms with Crippen molar-refractivity contribution in [1.82, 2.24) is 14.7 Å². The van der Waals surface area contributed by atoms with E-state index in [2.05, 4.69) is 17.0 Å². The zero-order chi connectivity index (χ0) is 12.4. The van der Waals surface area contributed by atoms with Gasteiger partial charge in [-0.15, -0.1) is 0 Å². The second-order valence-electron chi connectivity index (χ2n) is 4.61. The number of rotatable bonds is 3. The van der Waals surface area contributed by atoms with E-state index in [1.807, 2.05) is 0 Å². The summed E-state index contributed by atoms with van der Waals surface area (Å²) in [4.78, 5) is 13.2. The van der Waals surface area contributed by atoms with Crippen molar-refractivity contribution in [2.75, 3.05) is 20.1 Å². The van der Waals surface area contributed by atoms with Gasteiger partial charge >= 0.3 is 5.97 Å². The predicted octanol–water partition coefficient (Wildman–Crippen LogP) is 0.629. The Balaban J connectivity index is 2.06. The number of nitrogens with zero attached hydrogens (tertiary/aromatic N) is 3. The van der Waals surface area contributed by atoms with Crippen LogP contribution in [0.3, 0.4) is 0 Å². The summed E-state index contributed by atoms with van der Waals surface area (Å²) in [5, 5.41) is 22.3. The summed E-state index contributed by atoms with van der Waals surface area (Å²) in [6, 6.07) is 0. The van der Waals surface area contributed by atoms with Gasteiger partial charge in [0.1, 0.15) is 0 Å². The molecule has 94 valence electrons. The number of carbonyl (C=O) groups is 1. The number of hydrogen-bond donors (Lipinski definition) is 2. The number of aromatic hydroxyl groups is 1. The maximum atomic E-state index is 11.0. The van der Waals surface area contributed by atoms with Gasteiger partial charge in [0, 0.05) is 6.54 Å². The number of likely N-dealkylation sites (tertiary alicyclic amines) is 1. The highest BCUT2D eigenvalue weighted by Gasteiger charge is 2.22. The van der Waals surface area contributed by atoms with E-state index in [-0.39, 0.29) is 11.4 Å². The molecule has 0 aliphatic carbocycles. The van der Waals surface area contributed by atoms with E-state index in [0.717, 1.165) is 25.9 Å². The summed E-state index contributed by atoms with van der Waals surface area (Å²) < 4.78 is 1.40. The van der Waals surface area contributed by atoms with Crippen LogP contribution in [0.15, 0.2) is 6.20 Å². The molecule has 0 atom stereocenters. The van der Waals surface area contributed by atoms with E-state index in [0.29, 0.717) is 12.5 Å². The number of hydrogen-bond acceptors (Lipinski definition) is 4. The summed E-state index contributed by atoms with van der Waals surface area (Å²) in [5.74, 6) is -0.957. The van der Waals surface area contributed by atoms with Crippen LogP contribution in [-0.4, -0.2) is 51.0 Å². The van der Waals surface area contributed by atoms with Crippen molar-refractivity contribution >= 4 is 5.97 Å². The van der Waals surface area contributed by atoms with Gasteiger partial charge in [-0.3, -0.25) is 4.68 Å². The van der Waals surface area contributed by atoms with Gasteiger partial charge in [-0.1, -0.05) is 0 Å². The van der Waals surface area contributed by atoms with Gasteiger partial charge in [-0.2, -0.15) is 5.10 Å². The van der Waals surface area contributed by atoms with Crippen molar-refractivity contribution in [2.24, 2.45) is 5.92 Å². The van der Waals surface area contributed by atoms with Crippen LogP contribution in [0.4, 0.5) is 0 Å². The molecule has 0 bridgehead atoms. The first-order valence-electron chi connectivity index (χ1n) is 5.74. The molecule has 0 saturated carbocycles. The molecule has 2 N–H and O–H groups in total. The van der Waals surface area contributed by atoms with Gasteiger partial charge in [-0.05, 0) is 38.9 Å². The average Bonchev–Trinajstić information content (AvgIpc) is 2.63. The fourth-order valence-electron chi connectivity index (χ4n) is 2.22. The summed E-state index contributed by atoms with van der Waals surface area (Å²) in [7, 11) is 2.08. The monoisotopic (exact) mass is 239 g/mol. The topological polar surface area (TPSA) is 78.6 Å². The van der Waals surface area contributed by atoms with Gasteiger partial charge in [0.05, 0.1) is 6.20 Å². The molecule has 1 aliphatic rings. The first-order chi connectivity index (χ1) is 8.08. The molecule has 17 heavy (non-hydrogen) atoms. The number of carboxylic acids is 1. The largest absolute Gasteiger partial charge is 0.504 e. The van der Waals surface area contributed by atoms with Crippen LogP contribution in [0.2, 0.25) is 0 Å². The zero-order valence-electron chi connectivity index (χ0n) is 9.83. The molecule has 2 rings (SSSR count). The molecule has 1 aromatic heterocycles. The van der Waals surface area contributed by atoms with Crippen LogP contribution < -0.4 is 0 Å². The summed E-state index contributed by atoms with van der Waals surface area (Å²) in [6.07, 6.45) is 3.27. The Morgan fingerprint density at radius 3 is 2.76 bits per heavy atom. The number of carboxylic acid groups (broad SMARTS) is 1. The van der Waals surface area contributed by atoms with E-state index < -0.39 is 5.97 Å². The Morgan fingerprint density at radius 1 is 1.53 bits per heavy atom. The molecule has 1 fully saturated rings. The van der Waals surface area contributed by atoms with E-state index in [1.165, 1.54) is 10.9 Å². The molecule has 2 heterocycles. The third-order valence-electron chi connectivity index (χ3n) is 3.29. The highest BCUT2D eigenvalue weighted by Crippen LogP contribution is 2.21. The van der Waals surface area contributed by atoms with Crippen molar-refractivity contribution in [2.45, 2.75) is 19.4 Å². The highest BCUT2D eigenvalue weighted by molar-refractivity contribution is 5.88. The molecule has 1 saturated heterocycles. The van der Waals surface area contributed by atoms with Crippen molar-refractivity contribution in [1.29, 1.82) is 0 Å². The quantitative estimate of drug-likeness (QED) is 0.808. The first kappa shape index (κ1) is 11.9. The second-order valence-corrected chi connectivity index (χ2v) is 4.61. The van der Waals surface area contributed by atoms with E-state index in [1.54, 1.807) is 0 Å². The summed E-state index contributed by atoms with van der Waals surface area (Å²) in [6.45, 7) is 2.62. The van der Waals surface area contributed by atoms with E-state index >= 15 is 0 Å². The van der Waals surface area contributed by atoms with Crippen LogP contribution in [0, 0.1) is 5.92 Å². The summed E-state index contributed by atoms with van der Waals surface area (Å²) in [5.41, 5.74) is -0.107. The second kappa shape index (κ2) is 4.75. The normalized spacial score (nSPS) is 18.4. The predicted molar refractivity (Wildman–Crippen MR) is 61.1 cm³/mol. The minimum Gasteiger partial charge on any atom is -0.504 e. The van der Waals surface area contributed by atoms with Crippen LogP contribution in [0.25, 0.3) is 0 Å². The van der Waals surface area contributed by atoms with E-state index in [4.69, 9.17) is 5.11 Å². The molecular weight excluding hydrogens is 222 g/mol. The molecule has 0 spiro atoms. The third kappa shape index (κ3) is 2.58. The van der Waals surface area contributed by atoms with Gasteiger partial charge in [-0.25, -0.2) is 4.79 Å². The zero-order valence-corrected chi connectivity index (χ0v) is 9.83. The first-order valence-corrected chi connectivity index (χ1v) is 5.74. The van der Waals surface area contributed by atoms with Crippen LogP contribution in [0.5, 0.6) is 5.75 Å². The molecule has 0 aromatic carbocycles. The SMILES string of the molecule is CN1CCC(Cn2ncc(O)c2C(=O)O)CC1. The Bertz CT molecular complexity index is 408. The molecule has 0 radical (unpaired) electrons. The number of aromatic carboxylic acids is 1. The average molecular weight is 239 g/mol. The highest BCUT2D eigenvalue weighted by atomic mass is 16.4. The lowest BCUT2D eigenvalue weighted by Gasteiger charge is -2.28. The molecule has 6 heteroatoms. The van der Waals surface area contributed by atoms with Crippen molar-refractivity contribution in [3.63, 3.8) is 0 Å². The summed E-state index contributed by atoms with van der Waals surface area (Å²) >= 11 is 0. The lowest BCUT2D eigenvalue weighted by atomic mass is 9.97. The fourth-order valence-corrected chi connectivity index (χ4v) is 2.22. The van der Waals surface area contributed by atoms with Gasteiger partial charge in [0.15, 0.2) is 11.4 Å². The van der Waals surface area contributed by atoms with Gasteiger partial charge < -0.3 is 15.1 Å². The minimum atomic E-state index is -1.13. The number of piperidine rings is 1. The lowest BCUT2D eigenvalue weighted by Crippen LogP contribution is -2.32. The van der Waals surface area contributed by atoms with Crippen molar-refractivity contribution < 1.29 is 15.0 Å². The van der Waals surface area contributed by atoms with Crippen molar-refractivity contribution in [3.05, 3.63) is 11.9 Å². The molecule has 6 nitrogen and oxygen atoms in total. The standard InChI is InChI=1S/C11H17N3O3/c1-13-4-2-8(3-5-13)7-14-10(11(16)17)9(15)6-12-14/h6,8,15H,2-5,7H2,1H3,(H,16,17). The van der Waals surface area contributed by atoms with Crippen LogP contribution in [-0.2, 0) is 6.54 Å². The molecular formula is C11H17N3O3. The lowest BCUT2D eigenvalue weighted by molar-refractivity contribution is 0.0676. The van der Waals surface area contributed by atoms with E-state index in [9.17, 15) is 9.90 Å². The smallest absolute Gasteiger partial charge is 0.358 e. The molecule has 1 aliphatic heterocycles. The Kier molecular flexibility index (Phi) is 3.33. The van der Waals surface area contributed by atoms with Crippen molar-refractivity contribution in [3.8, 4) is 5.75 Å². The minimum absolute atomic E-state index is 0.107. The molecule has 1 aromatic rings. The van der Waals surface area contributed by atoms with Gasteiger partial charge in [0.25, 0.3) is 0 Å². The molecule has 0 amide bonds. The Morgan fingerprint density at radius 2 is 2.18 bits per heavy atom. The molecule has 0 unspecified atom stereocenters. The third-order valence-corrected chi connectivity index (χ3v) is 3.29. The van der Waals surface area contributed by atoms with Crippen LogP contribution >= 0.6 is 0 Å². The maximum absolute atomic E-state index is 11.0.